The van der Waals surface area contributed by atoms with Crippen molar-refractivity contribution in [1.29, 1.82) is 0 Å². The minimum atomic E-state index is -0.536. The molecule has 0 spiro atoms. The first kappa shape index (κ1) is 20.7. The van der Waals surface area contributed by atoms with Crippen molar-refractivity contribution in [2.75, 3.05) is 26.7 Å². The van der Waals surface area contributed by atoms with E-state index in [1.165, 1.54) is 12.1 Å². The Labute approximate surface area is 159 Å². The van der Waals surface area contributed by atoms with E-state index in [1.54, 1.807) is 29.0 Å². The van der Waals surface area contributed by atoms with Crippen LogP contribution in [0.4, 0.5) is 10.5 Å². The van der Waals surface area contributed by atoms with E-state index in [2.05, 4.69) is 0 Å². The van der Waals surface area contributed by atoms with E-state index in [9.17, 15) is 19.7 Å². The van der Waals surface area contributed by atoms with E-state index in [4.69, 9.17) is 4.74 Å². The third-order valence-electron chi connectivity index (χ3n) is 4.47. The van der Waals surface area contributed by atoms with Crippen LogP contribution in [0.15, 0.2) is 24.3 Å². The maximum atomic E-state index is 12.7. The second kappa shape index (κ2) is 8.37. The smallest absolute Gasteiger partial charge is 0.410 e. The van der Waals surface area contributed by atoms with E-state index in [0.29, 0.717) is 19.6 Å². The second-order valence-corrected chi connectivity index (χ2v) is 7.87. The number of ether oxygens (including phenoxy) is 1. The first-order valence-electron chi connectivity index (χ1n) is 9.05. The van der Waals surface area contributed by atoms with Gasteiger partial charge in [0.2, 0.25) is 0 Å². The van der Waals surface area contributed by atoms with E-state index in [0.717, 1.165) is 12.8 Å². The topological polar surface area (TPSA) is 93.0 Å². The highest BCUT2D eigenvalue weighted by Gasteiger charge is 2.29. The number of carbonyl (C=O) groups is 2. The van der Waals surface area contributed by atoms with E-state index in [1.807, 2.05) is 20.8 Å². The molecular formula is C19H27N3O5. The van der Waals surface area contributed by atoms with Crippen molar-refractivity contribution in [2.24, 2.45) is 5.92 Å². The van der Waals surface area contributed by atoms with Gasteiger partial charge in [0.05, 0.1) is 4.92 Å². The fourth-order valence-corrected chi connectivity index (χ4v) is 3.10. The predicted molar refractivity (Wildman–Crippen MR) is 101 cm³/mol. The van der Waals surface area contributed by atoms with Crippen LogP contribution in [0.5, 0.6) is 0 Å². The average molecular weight is 377 g/mol. The molecule has 1 saturated heterocycles. The van der Waals surface area contributed by atoms with Gasteiger partial charge in [0, 0.05) is 32.7 Å². The minimum Gasteiger partial charge on any atom is -0.444 e. The van der Waals surface area contributed by atoms with Crippen molar-refractivity contribution in [3.05, 3.63) is 39.9 Å². The summed E-state index contributed by atoms with van der Waals surface area (Å²) in [4.78, 5) is 38.5. The molecule has 0 aromatic heterocycles. The van der Waals surface area contributed by atoms with Crippen LogP contribution in [0, 0.1) is 16.0 Å². The van der Waals surface area contributed by atoms with Gasteiger partial charge in [0.1, 0.15) is 11.2 Å². The summed E-state index contributed by atoms with van der Waals surface area (Å²) in [5, 5.41) is 11.1. The Morgan fingerprint density at radius 2 is 1.85 bits per heavy atom. The lowest BCUT2D eigenvalue weighted by Gasteiger charge is -2.34. The van der Waals surface area contributed by atoms with Gasteiger partial charge in [-0.1, -0.05) is 12.1 Å². The molecule has 0 radical (unpaired) electrons. The summed E-state index contributed by atoms with van der Waals surface area (Å²) in [7, 11) is 1.71. The zero-order valence-electron chi connectivity index (χ0n) is 16.3. The molecule has 1 aromatic carbocycles. The summed E-state index contributed by atoms with van der Waals surface area (Å²) in [5.74, 6) is -0.0569. The fraction of sp³-hybridized carbons (Fsp3) is 0.579. The highest BCUT2D eigenvalue weighted by Crippen LogP contribution is 2.24. The summed E-state index contributed by atoms with van der Waals surface area (Å²) >= 11 is 0. The fourth-order valence-electron chi connectivity index (χ4n) is 3.10. The van der Waals surface area contributed by atoms with Gasteiger partial charge in [-0.25, -0.2) is 4.79 Å². The Kier molecular flexibility index (Phi) is 6.41. The van der Waals surface area contributed by atoms with Crippen molar-refractivity contribution >= 4 is 17.7 Å². The molecule has 1 aliphatic heterocycles. The molecule has 0 N–H and O–H groups in total. The molecule has 0 saturated carbocycles. The van der Waals surface area contributed by atoms with Crippen LogP contribution >= 0.6 is 0 Å². The number of nitro groups is 1. The molecule has 2 amide bonds. The monoisotopic (exact) mass is 377 g/mol. The number of rotatable bonds is 4. The lowest BCUT2D eigenvalue weighted by Crippen LogP contribution is -2.43. The number of hydrogen-bond donors (Lipinski definition) is 0. The number of amides is 2. The molecule has 1 fully saturated rings. The molecule has 8 nitrogen and oxygen atoms in total. The van der Waals surface area contributed by atoms with Crippen LogP contribution in [0.3, 0.4) is 0 Å². The first-order chi connectivity index (χ1) is 12.6. The third-order valence-corrected chi connectivity index (χ3v) is 4.47. The lowest BCUT2D eigenvalue weighted by molar-refractivity contribution is -0.385. The maximum Gasteiger partial charge on any atom is 0.410 e. The average Bonchev–Trinajstić information content (AvgIpc) is 2.60. The molecular weight excluding hydrogens is 350 g/mol. The van der Waals surface area contributed by atoms with Crippen LogP contribution in [-0.4, -0.2) is 59.0 Å². The molecule has 27 heavy (non-hydrogen) atoms. The van der Waals surface area contributed by atoms with Gasteiger partial charge in [0.15, 0.2) is 0 Å². The number of para-hydroxylation sites is 1. The normalized spacial score (nSPS) is 15.3. The molecule has 1 heterocycles. The zero-order chi connectivity index (χ0) is 20.2. The predicted octanol–water partition coefficient (Wildman–Crippen LogP) is 3.31. The Hall–Kier alpha value is -2.64. The molecule has 148 valence electrons. The van der Waals surface area contributed by atoms with E-state index < -0.39 is 10.5 Å². The second-order valence-electron chi connectivity index (χ2n) is 7.87. The van der Waals surface area contributed by atoms with Gasteiger partial charge < -0.3 is 14.5 Å². The van der Waals surface area contributed by atoms with Crippen molar-refractivity contribution < 1.29 is 19.2 Å². The number of nitrogens with zero attached hydrogens (tertiary/aromatic N) is 3. The number of nitro benzene ring substituents is 1. The zero-order valence-corrected chi connectivity index (χ0v) is 16.3. The molecule has 0 bridgehead atoms. The van der Waals surface area contributed by atoms with Crippen LogP contribution in [0.25, 0.3) is 0 Å². The van der Waals surface area contributed by atoms with Crippen LogP contribution in [-0.2, 0) is 4.74 Å². The number of piperidine rings is 1. The number of carbonyl (C=O) groups excluding carboxylic acids is 2. The number of benzene rings is 1. The summed E-state index contributed by atoms with van der Waals surface area (Å²) in [5.41, 5.74) is -0.591. The largest absolute Gasteiger partial charge is 0.444 e. The quantitative estimate of drug-likeness (QED) is 0.593. The van der Waals surface area contributed by atoms with Crippen molar-refractivity contribution in [1.82, 2.24) is 9.80 Å². The molecule has 0 aliphatic carbocycles. The van der Waals surface area contributed by atoms with Gasteiger partial charge in [-0.15, -0.1) is 0 Å². The Morgan fingerprint density at radius 1 is 1.26 bits per heavy atom. The molecule has 2 rings (SSSR count). The van der Waals surface area contributed by atoms with Gasteiger partial charge in [-0.05, 0) is 45.6 Å². The van der Waals surface area contributed by atoms with Crippen molar-refractivity contribution in [3.8, 4) is 0 Å². The third kappa shape index (κ3) is 5.67. The summed E-state index contributed by atoms with van der Waals surface area (Å²) in [6.45, 7) is 7.06. The van der Waals surface area contributed by atoms with Gasteiger partial charge in [-0.2, -0.15) is 0 Å². The van der Waals surface area contributed by atoms with Crippen molar-refractivity contribution in [3.63, 3.8) is 0 Å². The van der Waals surface area contributed by atoms with E-state index >= 15 is 0 Å². The van der Waals surface area contributed by atoms with Gasteiger partial charge >= 0.3 is 6.09 Å². The Bertz CT molecular complexity index is 706. The molecule has 1 aromatic rings. The highest BCUT2D eigenvalue weighted by atomic mass is 16.6. The Morgan fingerprint density at radius 3 is 2.41 bits per heavy atom. The summed E-state index contributed by atoms with van der Waals surface area (Å²) in [6, 6.07) is 6.01. The summed E-state index contributed by atoms with van der Waals surface area (Å²) < 4.78 is 5.35. The summed E-state index contributed by atoms with van der Waals surface area (Å²) in [6.07, 6.45) is 1.11. The standard InChI is InChI=1S/C19H27N3O5/c1-19(2,3)27-18(24)20(4)13-14-9-11-21(12-10-14)17(23)15-7-5-6-8-16(15)22(25)26/h5-8,14H,9-13H2,1-4H3. The highest BCUT2D eigenvalue weighted by molar-refractivity contribution is 5.98. The lowest BCUT2D eigenvalue weighted by atomic mass is 9.95. The molecule has 8 heteroatoms. The van der Waals surface area contributed by atoms with E-state index in [-0.39, 0.29) is 29.2 Å². The number of hydrogen-bond acceptors (Lipinski definition) is 5. The molecule has 0 unspecified atom stereocenters. The minimum absolute atomic E-state index is 0.117. The van der Waals surface area contributed by atoms with Gasteiger partial charge in [-0.3, -0.25) is 14.9 Å². The van der Waals surface area contributed by atoms with Gasteiger partial charge in [0.25, 0.3) is 11.6 Å². The number of likely N-dealkylation sites (tertiary alicyclic amines) is 1. The molecule has 0 atom stereocenters. The SMILES string of the molecule is CN(CC1CCN(C(=O)c2ccccc2[N+](=O)[O-])CC1)C(=O)OC(C)(C)C. The van der Waals surface area contributed by atoms with Crippen LogP contribution in [0.1, 0.15) is 44.0 Å². The Balaban J connectivity index is 1.91. The van der Waals surface area contributed by atoms with Crippen molar-refractivity contribution in [2.45, 2.75) is 39.2 Å². The molecule has 1 aliphatic rings. The first-order valence-corrected chi connectivity index (χ1v) is 9.05. The van der Waals surface area contributed by atoms with Crippen LogP contribution in [0.2, 0.25) is 0 Å². The van der Waals surface area contributed by atoms with Crippen LogP contribution < -0.4 is 0 Å². The maximum absolute atomic E-state index is 12.7.